The van der Waals surface area contributed by atoms with Gasteiger partial charge >= 0.3 is 0 Å². The zero-order valence-electron chi connectivity index (χ0n) is 20.3. The van der Waals surface area contributed by atoms with E-state index in [9.17, 15) is 13.2 Å². The first kappa shape index (κ1) is 24.6. The molecular formula is C27H19ClN6O4S. The largest absolute Gasteiger partial charge is 0.459 e. The van der Waals surface area contributed by atoms with Crippen LogP contribution >= 0.6 is 11.6 Å². The van der Waals surface area contributed by atoms with E-state index in [2.05, 4.69) is 25.9 Å². The number of fused-ring (bicyclic) bond motifs is 3. The van der Waals surface area contributed by atoms with Gasteiger partial charge in [0.25, 0.3) is 5.91 Å². The zero-order valence-corrected chi connectivity index (χ0v) is 21.9. The van der Waals surface area contributed by atoms with Crippen molar-refractivity contribution in [1.82, 2.24) is 19.8 Å². The minimum atomic E-state index is -4.00. The van der Waals surface area contributed by atoms with Gasteiger partial charge < -0.3 is 15.1 Å². The van der Waals surface area contributed by atoms with E-state index < -0.39 is 9.84 Å². The van der Waals surface area contributed by atoms with E-state index in [1.165, 1.54) is 22.9 Å². The maximum Gasteiger partial charge on any atom is 0.291 e. The standard InChI is InChI=1S/C27H19ClN6O4S/c1-16-4-11-20(12-5-16)39(36,37)27-25-31-24(21-15-17(28)6-13-22(21)34(25)33-32-27)29-18-7-9-19(10-8-18)30-26(35)23-3-2-14-38-23/h2-15H,1H3,(H,29,31)(H,30,35). The average Bonchev–Trinajstić information content (AvgIpc) is 3.61. The Balaban J connectivity index is 1.40. The summed E-state index contributed by atoms with van der Waals surface area (Å²) in [6.07, 6.45) is 1.43. The van der Waals surface area contributed by atoms with Crippen molar-refractivity contribution in [2.24, 2.45) is 0 Å². The molecule has 12 heteroatoms. The number of halogens is 1. The summed E-state index contributed by atoms with van der Waals surface area (Å²) in [6, 6.07) is 21.7. The lowest BCUT2D eigenvalue weighted by atomic mass is 10.2. The fraction of sp³-hybridized carbons (Fsp3) is 0.0370. The van der Waals surface area contributed by atoms with E-state index in [1.807, 2.05) is 6.92 Å². The molecule has 0 spiro atoms. The lowest BCUT2D eigenvalue weighted by molar-refractivity contribution is 0.0996. The van der Waals surface area contributed by atoms with Crippen LogP contribution in [0, 0.1) is 6.92 Å². The van der Waals surface area contributed by atoms with Crippen LogP contribution < -0.4 is 10.6 Å². The van der Waals surface area contributed by atoms with Gasteiger partial charge in [-0.05, 0) is 73.7 Å². The molecule has 0 radical (unpaired) electrons. The molecule has 2 N–H and O–H groups in total. The first-order valence-corrected chi connectivity index (χ1v) is 13.5. The molecule has 0 bridgehead atoms. The number of nitrogens with one attached hydrogen (secondary N) is 2. The van der Waals surface area contributed by atoms with Crippen molar-refractivity contribution in [2.75, 3.05) is 10.6 Å². The number of carbonyl (C=O) groups is 1. The molecule has 3 heterocycles. The highest BCUT2D eigenvalue weighted by molar-refractivity contribution is 7.91. The van der Waals surface area contributed by atoms with Gasteiger partial charge in [-0.15, -0.1) is 5.10 Å². The van der Waals surface area contributed by atoms with Gasteiger partial charge in [-0.2, -0.15) is 4.52 Å². The summed E-state index contributed by atoms with van der Waals surface area (Å²) in [5, 5.41) is 14.9. The number of benzene rings is 3. The van der Waals surface area contributed by atoms with Crippen molar-refractivity contribution in [3.05, 3.63) is 101 Å². The summed E-state index contributed by atoms with van der Waals surface area (Å²) in [5.41, 5.74) is 2.76. The molecule has 6 rings (SSSR count). The Labute approximate surface area is 227 Å². The van der Waals surface area contributed by atoms with Gasteiger partial charge in [0.1, 0.15) is 5.82 Å². The van der Waals surface area contributed by atoms with E-state index in [-0.39, 0.29) is 27.2 Å². The van der Waals surface area contributed by atoms with Gasteiger partial charge in [0.05, 0.1) is 16.7 Å². The van der Waals surface area contributed by atoms with Crippen molar-refractivity contribution in [3.63, 3.8) is 0 Å². The maximum atomic E-state index is 13.5. The summed E-state index contributed by atoms with van der Waals surface area (Å²) >= 11 is 6.28. The predicted octanol–water partition coefficient (Wildman–Crippen LogP) is 5.66. The van der Waals surface area contributed by atoms with Crippen LogP contribution in [-0.2, 0) is 9.84 Å². The van der Waals surface area contributed by atoms with E-state index in [0.717, 1.165) is 5.56 Å². The Morgan fingerprint density at radius 2 is 1.72 bits per heavy atom. The molecule has 39 heavy (non-hydrogen) atoms. The average molecular weight is 559 g/mol. The highest BCUT2D eigenvalue weighted by Gasteiger charge is 2.27. The van der Waals surface area contributed by atoms with Gasteiger partial charge in [-0.3, -0.25) is 4.79 Å². The van der Waals surface area contributed by atoms with Gasteiger partial charge in [-0.1, -0.05) is 34.5 Å². The molecule has 6 aromatic rings. The predicted molar refractivity (Wildman–Crippen MR) is 146 cm³/mol. The highest BCUT2D eigenvalue weighted by atomic mass is 35.5. The van der Waals surface area contributed by atoms with Gasteiger partial charge in [0, 0.05) is 21.8 Å². The lowest BCUT2D eigenvalue weighted by Gasteiger charge is -2.12. The number of hydrogen-bond acceptors (Lipinski definition) is 8. The normalized spacial score (nSPS) is 11.6. The van der Waals surface area contributed by atoms with Gasteiger partial charge in [0.2, 0.25) is 14.9 Å². The van der Waals surface area contributed by atoms with E-state index >= 15 is 0 Å². The summed E-state index contributed by atoms with van der Waals surface area (Å²) in [6.45, 7) is 1.88. The molecule has 0 atom stereocenters. The Hall–Kier alpha value is -4.74. The first-order chi connectivity index (χ1) is 18.8. The molecule has 10 nitrogen and oxygen atoms in total. The minimum absolute atomic E-state index is 0.0650. The number of nitrogens with zero attached hydrogens (tertiary/aromatic N) is 4. The van der Waals surface area contributed by atoms with Crippen LogP contribution in [-0.4, -0.2) is 34.1 Å². The van der Waals surface area contributed by atoms with Crippen molar-refractivity contribution < 1.29 is 17.6 Å². The van der Waals surface area contributed by atoms with Crippen molar-refractivity contribution in [3.8, 4) is 0 Å². The Morgan fingerprint density at radius 1 is 0.974 bits per heavy atom. The van der Waals surface area contributed by atoms with E-state index in [0.29, 0.717) is 33.1 Å². The topological polar surface area (TPSA) is 131 Å². The maximum absolute atomic E-state index is 13.5. The van der Waals surface area contributed by atoms with E-state index in [1.54, 1.807) is 66.7 Å². The third-order valence-electron chi connectivity index (χ3n) is 6.01. The molecule has 194 valence electrons. The molecule has 0 aliphatic rings. The number of rotatable bonds is 6. The molecule has 3 aromatic heterocycles. The number of hydrogen-bond donors (Lipinski definition) is 2. The fourth-order valence-corrected chi connectivity index (χ4v) is 5.45. The number of carbonyl (C=O) groups excluding carboxylic acids is 1. The number of anilines is 3. The second kappa shape index (κ2) is 9.53. The van der Waals surface area contributed by atoms with Crippen LogP contribution in [0.5, 0.6) is 0 Å². The fourth-order valence-electron chi connectivity index (χ4n) is 4.04. The number of aryl methyl sites for hydroxylation is 1. The molecule has 0 saturated heterocycles. The summed E-state index contributed by atoms with van der Waals surface area (Å²) < 4.78 is 33.4. The van der Waals surface area contributed by atoms with Crippen LogP contribution in [0.25, 0.3) is 16.6 Å². The van der Waals surface area contributed by atoms with Crippen LogP contribution in [0.1, 0.15) is 16.1 Å². The molecule has 0 saturated carbocycles. The minimum Gasteiger partial charge on any atom is -0.459 e. The Morgan fingerprint density at radius 3 is 2.44 bits per heavy atom. The first-order valence-electron chi connectivity index (χ1n) is 11.7. The zero-order chi connectivity index (χ0) is 27.1. The van der Waals surface area contributed by atoms with Crippen molar-refractivity contribution >= 4 is 61.1 Å². The second-order valence-corrected chi connectivity index (χ2v) is 11.0. The Kier molecular flexibility index (Phi) is 6.01. The quantitative estimate of drug-likeness (QED) is 0.267. The number of sulfone groups is 1. The molecule has 0 unspecified atom stereocenters. The number of aromatic nitrogens is 4. The second-order valence-electron chi connectivity index (χ2n) is 8.70. The SMILES string of the molecule is Cc1ccc(S(=O)(=O)c2nnn3c2nc(Nc2ccc(NC(=O)c4ccco4)cc2)c2cc(Cl)ccc23)cc1. The number of amides is 1. The molecule has 3 aromatic carbocycles. The third kappa shape index (κ3) is 4.58. The Bertz CT molecular complexity index is 1950. The molecule has 0 aliphatic carbocycles. The molecular weight excluding hydrogens is 540 g/mol. The third-order valence-corrected chi connectivity index (χ3v) is 7.91. The van der Waals surface area contributed by atoms with Crippen LogP contribution in [0.2, 0.25) is 5.02 Å². The highest BCUT2D eigenvalue weighted by Crippen LogP contribution is 2.31. The van der Waals surface area contributed by atoms with Gasteiger partial charge in [0.15, 0.2) is 11.4 Å². The van der Waals surface area contributed by atoms with Crippen LogP contribution in [0.15, 0.2) is 99.5 Å². The van der Waals surface area contributed by atoms with Crippen LogP contribution in [0.4, 0.5) is 17.2 Å². The van der Waals surface area contributed by atoms with Crippen molar-refractivity contribution in [2.45, 2.75) is 16.8 Å². The van der Waals surface area contributed by atoms with Gasteiger partial charge in [-0.25, -0.2) is 13.4 Å². The molecule has 0 aliphatic heterocycles. The summed E-state index contributed by atoms with van der Waals surface area (Å²) in [4.78, 5) is 17.0. The summed E-state index contributed by atoms with van der Waals surface area (Å²) in [5.74, 6) is 0.183. The van der Waals surface area contributed by atoms with E-state index in [4.69, 9.17) is 16.0 Å². The lowest BCUT2D eigenvalue weighted by Crippen LogP contribution is -2.10. The number of furan rings is 1. The van der Waals surface area contributed by atoms with Crippen molar-refractivity contribution in [1.29, 1.82) is 0 Å². The smallest absolute Gasteiger partial charge is 0.291 e. The summed E-state index contributed by atoms with van der Waals surface area (Å²) in [7, 11) is -4.00. The monoisotopic (exact) mass is 558 g/mol. The van der Waals surface area contributed by atoms with Crippen LogP contribution in [0.3, 0.4) is 0 Å². The molecule has 1 amide bonds. The molecule has 0 fully saturated rings.